The number of benzene rings is 1. The van der Waals surface area contributed by atoms with E-state index in [1.165, 1.54) is 23.5 Å². The summed E-state index contributed by atoms with van der Waals surface area (Å²) in [4.78, 5) is 21.1. The van der Waals surface area contributed by atoms with E-state index in [1.807, 2.05) is 23.4 Å². The lowest BCUT2D eigenvalue weighted by atomic mass is 10.2. The Labute approximate surface area is 140 Å². The minimum Gasteiger partial charge on any atom is -0.435 e. The third-order valence-electron chi connectivity index (χ3n) is 3.38. The fraction of sp³-hybridized carbons (Fsp3) is 0.250. The summed E-state index contributed by atoms with van der Waals surface area (Å²) in [6.07, 6.45) is 0. The van der Waals surface area contributed by atoms with Crippen molar-refractivity contribution in [2.24, 2.45) is 0 Å². The van der Waals surface area contributed by atoms with Gasteiger partial charge in [0.2, 0.25) is 0 Å². The lowest BCUT2D eigenvalue weighted by Crippen LogP contribution is -2.21. The molecule has 0 spiro atoms. The summed E-state index contributed by atoms with van der Waals surface area (Å²) >= 11 is 1.36. The quantitative estimate of drug-likeness (QED) is 0.741. The van der Waals surface area contributed by atoms with Crippen molar-refractivity contribution >= 4 is 21.6 Å². The molecule has 24 heavy (non-hydrogen) atoms. The van der Waals surface area contributed by atoms with Crippen LogP contribution in [0.1, 0.15) is 11.4 Å². The van der Waals surface area contributed by atoms with Gasteiger partial charge in [0, 0.05) is 6.54 Å². The third-order valence-corrected chi connectivity index (χ3v) is 4.29. The van der Waals surface area contributed by atoms with Crippen LogP contribution in [0.25, 0.3) is 10.2 Å². The molecule has 0 radical (unpaired) electrons. The van der Waals surface area contributed by atoms with E-state index >= 15 is 0 Å². The van der Waals surface area contributed by atoms with E-state index in [4.69, 9.17) is 0 Å². The van der Waals surface area contributed by atoms with Crippen LogP contribution in [0.2, 0.25) is 0 Å². The van der Waals surface area contributed by atoms with Crippen molar-refractivity contribution in [2.45, 2.75) is 19.7 Å². The first-order valence-corrected chi connectivity index (χ1v) is 8.08. The molecule has 8 heteroatoms. The fourth-order valence-electron chi connectivity index (χ4n) is 2.40. The molecule has 0 fully saturated rings. The molecule has 3 rings (SSSR count). The molecule has 0 aliphatic heterocycles. The second-order valence-corrected chi connectivity index (χ2v) is 6.26. The predicted octanol–water partition coefficient (Wildman–Crippen LogP) is 3.22. The van der Waals surface area contributed by atoms with Crippen LogP contribution in [-0.4, -0.2) is 28.5 Å². The Morgan fingerprint density at radius 2 is 2.00 bits per heavy atom. The monoisotopic (exact) mass is 351 g/mol. The van der Waals surface area contributed by atoms with Crippen molar-refractivity contribution in [1.29, 1.82) is 0 Å². The van der Waals surface area contributed by atoms with Gasteiger partial charge in [0.25, 0.3) is 5.56 Å². The Morgan fingerprint density at radius 1 is 1.25 bits per heavy atom. The Balaban J connectivity index is 1.66. The fourth-order valence-corrected chi connectivity index (χ4v) is 3.12. The molecule has 0 bridgehead atoms. The molecule has 0 saturated carbocycles. The van der Waals surface area contributed by atoms with E-state index in [0.29, 0.717) is 29.1 Å². The molecule has 5 nitrogen and oxygen atoms in total. The maximum atomic E-state index is 12.1. The highest BCUT2D eigenvalue weighted by Gasteiger charge is 2.09. The number of rotatable bonds is 6. The van der Waals surface area contributed by atoms with Crippen LogP contribution >= 0.6 is 11.3 Å². The Kier molecular flexibility index (Phi) is 4.86. The van der Waals surface area contributed by atoms with Crippen LogP contribution in [0.5, 0.6) is 5.75 Å². The molecule has 2 heterocycles. The van der Waals surface area contributed by atoms with Crippen molar-refractivity contribution in [3.05, 3.63) is 57.5 Å². The summed E-state index contributed by atoms with van der Waals surface area (Å²) < 4.78 is 29.2. The Bertz CT molecular complexity index is 877. The van der Waals surface area contributed by atoms with Gasteiger partial charge in [0.1, 0.15) is 16.3 Å². The van der Waals surface area contributed by atoms with Gasteiger partial charge in [0.15, 0.2) is 0 Å². The van der Waals surface area contributed by atoms with Crippen LogP contribution in [0.3, 0.4) is 0 Å². The van der Waals surface area contributed by atoms with E-state index in [1.54, 1.807) is 12.1 Å². The van der Waals surface area contributed by atoms with Crippen molar-refractivity contribution in [3.63, 3.8) is 0 Å². The molecule has 0 aliphatic rings. The maximum absolute atomic E-state index is 12.1. The van der Waals surface area contributed by atoms with Crippen LogP contribution < -0.4 is 10.3 Å². The number of ether oxygens (including phenoxy) is 1. The number of hydrogen-bond acceptors (Lipinski definition) is 5. The summed E-state index contributed by atoms with van der Waals surface area (Å²) in [5.41, 5.74) is 1.51. The highest BCUT2D eigenvalue weighted by molar-refractivity contribution is 7.17. The number of nitrogens with one attached hydrogen (secondary N) is 1. The molecule has 1 N–H and O–H groups in total. The van der Waals surface area contributed by atoms with E-state index in [2.05, 4.69) is 14.7 Å². The second-order valence-electron chi connectivity index (χ2n) is 5.34. The summed E-state index contributed by atoms with van der Waals surface area (Å²) in [5.74, 6) is 0.719. The summed E-state index contributed by atoms with van der Waals surface area (Å²) in [5, 5.41) is 1.84. The third kappa shape index (κ3) is 3.95. The first-order valence-electron chi connectivity index (χ1n) is 7.20. The first-order chi connectivity index (χ1) is 11.5. The average molecular weight is 351 g/mol. The molecule has 126 valence electrons. The lowest BCUT2D eigenvalue weighted by molar-refractivity contribution is -0.0498. The molecule has 0 amide bonds. The summed E-state index contributed by atoms with van der Waals surface area (Å²) in [6, 6.07) is 8.29. The molecule has 0 atom stereocenters. The number of fused-ring (bicyclic) bond motifs is 1. The Hall–Kier alpha value is -2.32. The predicted molar refractivity (Wildman–Crippen MR) is 88.5 cm³/mol. The summed E-state index contributed by atoms with van der Waals surface area (Å²) in [6.45, 7) is -1.77. The zero-order valence-electron chi connectivity index (χ0n) is 12.8. The second kappa shape index (κ2) is 7.06. The molecule has 3 aromatic rings. The van der Waals surface area contributed by atoms with Crippen LogP contribution in [0, 0.1) is 0 Å². The van der Waals surface area contributed by atoms with Gasteiger partial charge in [-0.3, -0.25) is 9.69 Å². The van der Waals surface area contributed by atoms with Gasteiger partial charge in [0.05, 0.1) is 12.1 Å². The number of alkyl halides is 2. The Morgan fingerprint density at radius 3 is 2.71 bits per heavy atom. The number of aromatic nitrogens is 2. The molecule has 2 aromatic heterocycles. The molecular weight excluding hydrogens is 336 g/mol. The van der Waals surface area contributed by atoms with E-state index < -0.39 is 6.61 Å². The summed E-state index contributed by atoms with van der Waals surface area (Å²) in [7, 11) is 1.89. The lowest BCUT2D eigenvalue weighted by Gasteiger charge is -2.16. The van der Waals surface area contributed by atoms with Crippen molar-refractivity contribution < 1.29 is 13.5 Å². The van der Waals surface area contributed by atoms with Gasteiger partial charge >= 0.3 is 6.61 Å². The number of hydrogen-bond donors (Lipinski definition) is 1. The van der Waals surface area contributed by atoms with Crippen molar-refractivity contribution in [3.8, 4) is 5.75 Å². The minimum atomic E-state index is -2.83. The topological polar surface area (TPSA) is 58.2 Å². The number of thiophene rings is 1. The maximum Gasteiger partial charge on any atom is 0.387 e. The van der Waals surface area contributed by atoms with Gasteiger partial charge in [-0.05, 0) is 36.2 Å². The number of H-pyrrole nitrogens is 1. The molecule has 0 aliphatic carbocycles. The van der Waals surface area contributed by atoms with E-state index in [-0.39, 0.29) is 11.3 Å². The van der Waals surface area contributed by atoms with Gasteiger partial charge in [-0.25, -0.2) is 4.98 Å². The van der Waals surface area contributed by atoms with Crippen LogP contribution in [-0.2, 0) is 13.1 Å². The number of nitrogens with zero attached hydrogens (tertiary/aromatic N) is 2. The zero-order chi connectivity index (χ0) is 17.1. The van der Waals surface area contributed by atoms with Crippen LogP contribution in [0.15, 0.2) is 40.5 Å². The molecule has 0 unspecified atom stereocenters. The van der Waals surface area contributed by atoms with Crippen molar-refractivity contribution in [1.82, 2.24) is 14.9 Å². The molecule has 0 saturated heterocycles. The smallest absolute Gasteiger partial charge is 0.387 e. The SMILES string of the molecule is CN(Cc1ccc(OC(F)F)cc1)Cc1nc2ccsc2c(=O)[nH]1. The van der Waals surface area contributed by atoms with Gasteiger partial charge in [-0.2, -0.15) is 8.78 Å². The molecule has 1 aromatic carbocycles. The zero-order valence-corrected chi connectivity index (χ0v) is 13.6. The number of halogens is 2. The van der Waals surface area contributed by atoms with E-state index in [0.717, 1.165) is 5.56 Å². The van der Waals surface area contributed by atoms with Gasteiger partial charge in [-0.15, -0.1) is 11.3 Å². The normalized spacial score (nSPS) is 11.5. The van der Waals surface area contributed by atoms with Gasteiger partial charge in [-0.1, -0.05) is 12.1 Å². The van der Waals surface area contributed by atoms with Crippen LogP contribution in [0.4, 0.5) is 8.78 Å². The average Bonchev–Trinajstić information content (AvgIpc) is 2.97. The van der Waals surface area contributed by atoms with Crippen molar-refractivity contribution in [2.75, 3.05) is 7.05 Å². The highest BCUT2D eigenvalue weighted by Crippen LogP contribution is 2.17. The van der Waals surface area contributed by atoms with Gasteiger partial charge < -0.3 is 9.72 Å². The van der Waals surface area contributed by atoms with E-state index in [9.17, 15) is 13.6 Å². The first kappa shape index (κ1) is 16.5. The minimum absolute atomic E-state index is 0.130. The number of aromatic amines is 1. The highest BCUT2D eigenvalue weighted by atomic mass is 32.1. The largest absolute Gasteiger partial charge is 0.435 e. The molecular formula is C16H15F2N3O2S. The standard InChI is InChI=1S/C16H15F2N3O2S/c1-21(8-10-2-4-11(5-3-10)23-16(17)18)9-13-19-12-6-7-24-14(12)15(22)20-13/h2-7,16H,8-9H2,1H3,(H,19,20,22).